The Balaban J connectivity index is 2.10. The topological polar surface area (TPSA) is 37.3 Å². The molecule has 0 amide bonds. The molecule has 0 heterocycles. The van der Waals surface area contributed by atoms with E-state index < -0.39 is 5.97 Å². The standard InChI is InChI=1S/C25H28O2/c1-15(2)20-11-12-25(5,6)23-13-16(3)21(14-22(20)23)17(4)18-7-9-19(10-8-18)24(26)27/h7-11,13-15H,4,12H2,1-3,5-6H3,(H,26,27). The molecule has 1 aliphatic carbocycles. The van der Waals surface area contributed by atoms with Gasteiger partial charge in [-0.3, -0.25) is 0 Å². The van der Waals surface area contributed by atoms with Crippen molar-refractivity contribution in [2.24, 2.45) is 5.92 Å². The van der Waals surface area contributed by atoms with E-state index >= 15 is 0 Å². The van der Waals surface area contributed by atoms with E-state index in [1.54, 1.807) is 12.1 Å². The highest BCUT2D eigenvalue weighted by atomic mass is 16.4. The first kappa shape index (κ1) is 19.2. The highest BCUT2D eigenvalue weighted by Gasteiger charge is 2.30. The molecule has 2 aromatic rings. The molecule has 2 nitrogen and oxygen atoms in total. The lowest BCUT2D eigenvalue weighted by molar-refractivity contribution is 0.0697. The molecule has 0 spiro atoms. The minimum atomic E-state index is -0.911. The van der Waals surface area contributed by atoms with Gasteiger partial charge in [0.1, 0.15) is 0 Å². The van der Waals surface area contributed by atoms with Crippen molar-refractivity contribution >= 4 is 17.1 Å². The summed E-state index contributed by atoms with van der Waals surface area (Å²) in [6.07, 6.45) is 3.44. The number of carboxylic acid groups (broad SMARTS) is 1. The normalized spacial score (nSPS) is 15.3. The van der Waals surface area contributed by atoms with Gasteiger partial charge in [0, 0.05) is 0 Å². The molecular formula is C25H28O2. The number of rotatable bonds is 4. The summed E-state index contributed by atoms with van der Waals surface area (Å²) in [5.74, 6) is -0.440. The Labute approximate surface area is 162 Å². The smallest absolute Gasteiger partial charge is 0.335 e. The van der Waals surface area contributed by atoms with Gasteiger partial charge in [0.15, 0.2) is 0 Å². The number of carbonyl (C=O) groups is 1. The van der Waals surface area contributed by atoms with Crippen molar-refractivity contribution in [3.05, 3.63) is 82.4 Å². The maximum Gasteiger partial charge on any atom is 0.335 e. The van der Waals surface area contributed by atoms with Gasteiger partial charge in [-0.15, -0.1) is 0 Å². The SMILES string of the molecule is C=C(c1ccc(C(=O)O)cc1)c1cc2c(cc1C)C(C)(C)CC=C2C(C)C. The summed E-state index contributed by atoms with van der Waals surface area (Å²) in [6, 6.07) is 11.6. The maximum absolute atomic E-state index is 11.1. The number of aryl methyl sites for hydroxylation is 1. The molecule has 0 bridgehead atoms. The van der Waals surface area contributed by atoms with Gasteiger partial charge < -0.3 is 5.11 Å². The van der Waals surface area contributed by atoms with Gasteiger partial charge in [-0.25, -0.2) is 4.79 Å². The number of aromatic carboxylic acids is 1. The van der Waals surface area contributed by atoms with Gasteiger partial charge in [0.25, 0.3) is 0 Å². The van der Waals surface area contributed by atoms with Gasteiger partial charge in [-0.2, -0.15) is 0 Å². The van der Waals surface area contributed by atoms with E-state index in [0.717, 1.165) is 23.1 Å². The third-order valence-corrected chi connectivity index (χ3v) is 5.66. The van der Waals surface area contributed by atoms with Crippen LogP contribution in [-0.4, -0.2) is 11.1 Å². The molecule has 0 aliphatic heterocycles. The quantitative estimate of drug-likeness (QED) is 0.678. The molecule has 0 radical (unpaired) electrons. The van der Waals surface area contributed by atoms with E-state index in [4.69, 9.17) is 5.11 Å². The lowest BCUT2D eigenvalue weighted by Gasteiger charge is -2.34. The van der Waals surface area contributed by atoms with Crippen molar-refractivity contribution in [3.63, 3.8) is 0 Å². The molecule has 0 saturated carbocycles. The Hall–Kier alpha value is -2.61. The van der Waals surface area contributed by atoms with Crippen LogP contribution in [0.3, 0.4) is 0 Å². The predicted molar refractivity (Wildman–Crippen MR) is 113 cm³/mol. The fraction of sp³-hybridized carbons (Fsp3) is 0.320. The first-order valence-corrected chi connectivity index (χ1v) is 9.50. The summed E-state index contributed by atoms with van der Waals surface area (Å²) in [6.45, 7) is 15.5. The Morgan fingerprint density at radius 1 is 1.11 bits per heavy atom. The molecule has 1 aliphatic rings. The van der Waals surface area contributed by atoms with E-state index in [1.165, 1.54) is 22.3 Å². The van der Waals surface area contributed by atoms with E-state index in [2.05, 4.69) is 59.4 Å². The fourth-order valence-corrected chi connectivity index (χ4v) is 3.93. The molecule has 2 heteroatoms. The molecule has 0 aromatic heterocycles. The molecule has 0 fully saturated rings. The molecule has 0 atom stereocenters. The van der Waals surface area contributed by atoms with Crippen LogP contribution in [0.4, 0.5) is 0 Å². The van der Waals surface area contributed by atoms with Crippen LogP contribution in [-0.2, 0) is 5.41 Å². The van der Waals surface area contributed by atoms with Crippen molar-refractivity contribution in [1.29, 1.82) is 0 Å². The van der Waals surface area contributed by atoms with Crippen molar-refractivity contribution in [1.82, 2.24) is 0 Å². The molecule has 2 aromatic carbocycles. The second-order valence-corrected chi connectivity index (χ2v) is 8.48. The Kier molecular flexibility index (Phi) is 4.86. The van der Waals surface area contributed by atoms with Gasteiger partial charge in [0.05, 0.1) is 5.56 Å². The minimum absolute atomic E-state index is 0.126. The summed E-state index contributed by atoms with van der Waals surface area (Å²) >= 11 is 0. The summed E-state index contributed by atoms with van der Waals surface area (Å²) in [7, 11) is 0. The Bertz CT molecular complexity index is 941. The lowest BCUT2D eigenvalue weighted by Crippen LogP contribution is -2.23. The first-order chi connectivity index (χ1) is 12.6. The van der Waals surface area contributed by atoms with E-state index in [0.29, 0.717) is 11.5 Å². The van der Waals surface area contributed by atoms with E-state index in [9.17, 15) is 4.79 Å². The summed E-state index contributed by atoms with van der Waals surface area (Å²) in [5.41, 5.74) is 8.77. The molecular weight excluding hydrogens is 332 g/mol. The zero-order chi connectivity index (χ0) is 19.9. The third-order valence-electron chi connectivity index (χ3n) is 5.66. The monoisotopic (exact) mass is 360 g/mol. The highest BCUT2D eigenvalue weighted by molar-refractivity contribution is 5.89. The minimum Gasteiger partial charge on any atom is -0.478 e. The van der Waals surface area contributed by atoms with E-state index in [1.807, 2.05) is 12.1 Å². The van der Waals surface area contributed by atoms with Crippen LogP contribution in [0.15, 0.2) is 49.1 Å². The lowest BCUT2D eigenvalue weighted by atomic mass is 9.70. The predicted octanol–water partition coefficient (Wildman–Crippen LogP) is 6.48. The molecule has 0 unspecified atom stereocenters. The van der Waals surface area contributed by atoms with Crippen LogP contribution in [0, 0.1) is 12.8 Å². The second-order valence-electron chi connectivity index (χ2n) is 8.48. The number of hydrogen-bond acceptors (Lipinski definition) is 1. The van der Waals surface area contributed by atoms with Gasteiger partial charge >= 0.3 is 5.97 Å². The van der Waals surface area contributed by atoms with Crippen molar-refractivity contribution < 1.29 is 9.90 Å². The second kappa shape index (κ2) is 6.84. The van der Waals surface area contributed by atoms with Crippen LogP contribution >= 0.6 is 0 Å². The fourth-order valence-electron chi connectivity index (χ4n) is 3.93. The number of hydrogen-bond donors (Lipinski definition) is 1. The van der Waals surface area contributed by atoms with Crippen LogP contribution in [0.25, 0.3) is 11.1 Å². The zero-order valence-electron chi connectivity index (χ0n) is 16.9. The average Bonchev–Trinajstić information content (AvgIpc) is 2.61. The van der Waals surface area contributed by atoms with Crippen LogP contribution in [0.2, 0.25) is 0 Å². The number of fused-ring (bicyclic) bond motifs is 1. The average molecular weight is 360 g/mol. The van der Waals surface area contributed by atoms with Gasteiger partial charge in [-0.1, -0.05) is 58.5 Å². The van der Waals surface area contributed by atoms with Crippen LogP contribution in [0.1, 0.15) is 72.3 Å². The van der Waals surface area contributed by atoms with Crippen LogP contribution in [0.5, 0.6) is 0 Å². The molecule has 1 N–H and O–H groups in total. The Morgan fingerprint density at radius 2 is 1.70 bits per heavy atom. The van der Waals surface area contributed by atoms with E-state index in [-0.39, 0.29) is 5.41 Å². The molecule has 0 saturated heterocycles. The molecule has 140 valence electrons. The summed E-state index contributed by atoms with van der Waals surface area (Å²) in [4.78, 5) is 11.1. The number of benzene rings is 2. The summed E-state index contributed by atoms with van der Waals surface area (Å²) < 4.78 is 0. The van der Waals surface area contributed by atoms with Gasteiger partial charge in [-0.05, 0) is 81.8 Å². The van der Waals surface area contributed by atoms with Crippen molar-refractivity contribution in [2.75, 3.05) is 0 Å². The third kappa shape index (κ3) is 3.49. The zero-order valence-corrected chi connectivity index (χ0v) is 16.9. The molecule has 27 heavy (non-hydrogen) atoms. The summed E-state index contributed by atoms with van der Waals surface area (Å²) in [5, 5.41) is 9.11. The molecule has 3 rings (SSSR count). The van der Waals surface area contributed by atoms with Crippen LogP contribution < -0.4 is 0 Å². The number of carboxylic acids is 1. The maximum atomic E-state index is 11.1. The largest absolute Gasteiger partial charge is 0.478 e. The highest BCUT2D eigenvalue weighted by Crippen LogP contribution is 2.43. The Morgan fingerprint density at radius 3 is 2.26 bits per heavy atom. The number of allylic oxidation sites excluding steroid dienone is 2. The first-order valence-electron chi connectivity index (χ1n) is 9.50. The van der Waals surface area contributed by atoms with Gasteiger partial charge in [0.2, 0.25) is 0 Å². The van der Waals surface area contributed by atoms with Crippen molar-refractivity contribution in [3.8, 4) is 0 Å². The van der Waals surface area contributed by atoms with Crippen molar-refractivity contribution in [2.45, 2.75) is 46.5 Å².